The molecule has 0 saturated heterocycles. The van der Waals surface area contributed by atoms with Gasteiger partial charge in [0.2, 0.25) is 0 Å². The van der Waals surface area contributed by atoms with E-state index in [0.717, 1.165) is 23.5 Å². The third-order valence-corrected chi connectivity index (χ3v) is 4.61. The normalized spacial score (nSPS) is 16.4. The van der Waals surface area contributed by atoms with Gasteiger partial charge in [0.15, 0.2) is 5.82 Å². The minimum atomic E-state index is -4.42. The molecule has 8 heteroatoms. The molecule has 1 aromatic heterocycles. The number of nitrogens with one attached hydrogen (secondary N) is 1. The Morgan fingerprint density at radius 3 is 2.73 bits per heavy atom. The van der Waals surface area contributed by atoms with Crippen molar-refractivity contribution in [3.8, 4) is 17.1 Å². The summed E-state index contributed by atoms with van der Waals surface area (Å²) in [7, 11) is 0. The molecule has 1 N–H and O–H groups in total. The number of rotatable bonds is 1. The molecule has 0 amide bonds. The molecule has 0 bridgehead atoms. The minimum absolute atomic E-state index is 0.0215. The van der Waals surface area contributed by atoms with E-state index < -0.39 is 11.7 Å². The molecule has 2 heterocycles. The van der Waals surface area contributed by atoms with Crippen LogP contribution < -0.4 is 5.32 Å². The van der Waals surface area contributed by atoms with Crippen molar-refractivity contribution >= 4 is 17.3 Å². The highest BCUT2D eigenvalue weighted by Gasteiger charge is 2.31. The van der Waals surface area contributed by atoms with E-state index in [1.54, 1.807) is 22.8 Å². The molecule has 4 nitrogen and oxygen atoms in total. The minimum Gasteiger partial charge on any atom is -0.383 e. The van der Waals surface area contributed by atoms with E-state index in [0.29, 0.717) is 28.8 Å². The van der Waals surface area contributed by atoms with Crippen LogP contribution in [0, 0.1) is 0 Å². The number of fused-ring (bicyclic) bond motifs is 3. The molecule has 1 aliphatic rings. The van der Waals surface area contributed by atoms with Gasteiger partial charge in [-0.1, -0.05) is 30.7 Å². The summed E-state index contributed by atoms with van der Waals surface area (Å²) in [5.74, 6) is 1.07. The fourth-order valence-electron chi connectivity index (χ4n) is 3.07. The molecular formula is C18H14ClF3N4. The Morgan fingerprint density at radius 1 is 1.15 bits per heavy atom. The number of halogens is 4. The SMILES string of the molecule is C[C@@H]1CNc2cc(Cl)ccc2-n2c(-c3cccc(C(F)(F)F)c3)nnc21. The van der Waals surface area contributed by atoms with Gasteiger partial charge >= 0.3 is 6.18 Å². The monoisotopic (exact) mass is 378 g/mol. The number of nitrogens with zero attached hydrogens (tertiary/aromatic N) is 3. The zero-order chi connectivity index (χ0) is 18.5. The lowest BCUT2D eigenvalue weighted by Gasteiger charge is -2.13. The number of hydrogen-bond acceptors (Lipinski definition) is 3. The van der Waals surface area contributed by atoms with Crippen molar-refractivity contribution < 1.29 is 13.2 Å². The van der Waals surface area contributed by atoms with Crippen molar-refractivity contribution in [3.63, 3.8) is 0 Å². The predicted molar refractivity (Wildman–Crippen MR) is 93.7 cm³/mol. The van der Waals surface area contributed by atoms with Gasteiger partial charge in [-0.3, -0.25) is 4.57 Å². The average molecular weight is 379 g/mol. The first-order valence-corrected chi connectivity index (χ1v) is 8.39. The zero-order valence-electron chi connectivity index (χ0n) is 13.7. The quantitative estimate of drug-likeness (QED) is 0.638. The van der Waals surface area contributed by atoms with E-state index >= 15 is 0 Å². The summed E-state index contributed by atoms with van der Waals surface area (Å²) < 4.78 is 41.1. The molecule has 0 spiro atoms. The number of aromatic nitrogens is 3. The lowest BCUT2D eigenvalue weighted by atomic mass is 10.1. The van der Waals surface area contributed by atoms with E-state index in [1.807, 2.05) is 13.0 Å². The lowest BCUT2D eigenvalue weighted by Crippen LogP contribution is -2.09. The van der Waals surface area contributed by atoms with Crippen molar-refractivity contribution in [1.29, 1.82) is 0 Å². The second-order valence-electron chi connectivity index (χ2n) is 6.24. The van der Waals surface area contributed by atoms with Crippen LogP contribution in [0.4, 0.5) is 18.9 Å². The highest BCUT2D eigenvalue weighted by atomic mass is 35.5. The summed E-state index contributed by atoms with van der Waals surface area (Å²) in [6.07, 6.45) is -4.42. The van der Waals surface area contributed by atoms with E-state index in [-0.39, 0.29) is 5.92 Å². The Bertz CT molecular complexity index is 981. The van der Waals surface area contributed by atoms with Crippen molar-refractivity contribution in [1.82, 2.24) is 14.8 Å². The first kappa shape index (κ1) is 16.9. The van der Waals surface area contributed by atoms with Gasteiger partial charge in [0.05, 0.1) is 16.9 Å². The summed E-state index contributed by atoms with van der Waals surface area (Å²) in [6.45, 7) is 2.60. The first-order chi connectivity index (χ1) is 12.3. The number of alkyl halides is 3. The second kappa shape index (κ2) is 6.02. The van der Waals surface area contributed by atoms with Crippen molar-refractivity contribution in [2.45, 2.75) is 19.0 Å². The van der Waals surface area contributed by atoms with Gasteiger partial charge in [-0.2, -0.15) is 13.2 Å². The Balaban J connectivity index is 1.94. The number of hydrogen-bond donors (Lipinski definition) is 1. The molecule has 0 radical (unpaired) electrons. The van der Waals surface area contributed by atoms with Crippen LogP contribution in [0.25, 0.3) is 17.1 Å². The average Bonchev–Trinajstić information content (AvgIpc) is 2.99. The molecule has 1 aliphatic heterocycles. The summed E-state index contributed by atoms with van der Waals surface area (Å²) >= 11 is 6.09. The van der Waals surface area contributed by atoms with E-state index in [9.17, 15) is 13.2 Å². The third-order valence-electron chi connectivity index (χ3n) is 4.38. The van der Waals surface area contributed by atoms with Gasteiger partial charge in [-0.15, -0.1) is 10.2 Å². The summed E-state index contributed by atoms with van der Waals surface area (Å²) in [6, 6.07) is 10.4. The number of anilines is 1. The largest absolute Gasteiger partial charge is 0.416 e. The topological polar surface area (TPSA) is 42.7 Å². The van der Waals surface area contributed by atoms with E-state index in [4.69, 9.17) is 11.6 Å². The maximum Gasteiger partial charge on any atom is 0.416 e. The predicted octanol–water partition coefficient (Wildman–Crippen LogP) is 5.14. The lowest BCUT2D eigenvalue weighted by molar-refractivity contribution is -0.137. The van der Waals surface area contributed by atoms with Gasteiger partial charge < -0.3 is 5.32 Å². The Labute approximate surface area is 152 Å². The second-order valence-corrected chi connectivity index (χ2v) is 6.68. The highest BCUT2D eigenvalue weighted by molar-refractivity contribution is 6.31. The van der Waals surface area contributed by atoms with Gasteiger partial charge in [-0.25, -0.2) is 0 Å². The Morgan fingerprint density at radius 2 is 1.96 bits per heavy atom. The van der Waals surface area contributed by atoms with E-state index in [2.05, 4.69) is 15.5 Å². The van der Waals surface area contributed by atoms with Crippen LogP contribution in [0.1, 0.15) is 24.2 Å². The van der Waals surface area contributed by atoms with Crippen LogP contribution in [-0.4, -0.2) is 21.3 Å². The van der Waals surface area contributed by atoms with E-state index in [1.165, 1.54) is 6.07 Å². The molecule has 2 aromatic carbocycles. The van der Waals surface area contributed by atoms with Crippen LogP contribution in [-0.2, 0) is 6.18 Å². The van der Waals surface area contributed by atoms with Gasteiger partial charge in [0, 0.05) is 23.0 Å². The highest BCUT2D eigenvalue weighted by Crippen LogP contribution is 2.36. The fraction of sp³-hybridized carbons (Fsp3) is 0.222. The third kappa shape index (κ3) is 2.82. The van der Waals surface area contributed by atoms with Crippen LogP contribution in [0.15, 0.2) is 42.5 Å². The van der Waals surface area contributed by atoms with Crippen molar-refractivity contribution in [3.05, 3.63) is 58.9 Å². The molecule has 0 unspecified atom stereocenters. The number of benzene rings is 2. The summed E-state index contributed by atoms with van der Waals surface area (Å²) in [5, 5.41) is 12.3. The first-order valence-electron chi connectivity index (χ1n) is 8.01. The molecule has 0 saturated carbocycles. The molecule has 0 aliphatic carbocycles. The van der Waals surface area contributed by atoms with Gasteiger partial charge in [-0.05, 0) is 30.3 Å². The van der Waals surface area contributed by atoms with Crippen LogP contribution in [0.3, 0.4) is 0 Å². The van der Waals surface area contributed by atoms with Gasteiger partial charge in [0.25, 0.3) is 0 Å². The standard InChI is InChI=1S/C18H14ClF3N4/c1-10-9-23-14-8-13(19)5-6-15(14)26-16(10)24-25-17(26)11-3-2-4-12(7-11)18(20,21)22/h2-8,10,23H,9H2,1H3/t10-/m1/s1. The summed E-state index contributed by atoms with van der Waals surface area (Å²) in [5.41, 5.74) is 1.18. The molecule has 134 valence electrons. The molecule has 0 fully saturated rings. The Kier molecular flexibility index (Phi) is 3.91. The molecule has 4 rings (SSSR count). The molecule has 26 heavy (non-hydrogen) atoms. The maximum atomic E-state index is 13.1. The summed E-state index contributed by atoms with van der Waals surface area (Å²) in [4.78, 5) is 0. The van der Waals surface area contributed by atoms with Crippen molar-refractivity contribution in [2.75, 3.05) is 11.9 Å². The van der Waals surface area contributed by atoms with Gasteiger partial charge in [0.1, 0.15) is 5.82 Å². The maximum absolute atomic E-state index is 13.1. The molecule has 3 aromatic rings. The van der Waals surface area contributed by atoms with Crippen LogP contribution in [0.2, 0.25) is 5.02 Å². The Hall–Kier alpha value is -2.54. The van der Waals surface area contributed by atoms with Crippen LogP contribution >= 0.6 is 11.6 Å². The molecule has 1 atom stereocenters. The fourth-order valence-corrected chi connectivity index (χ4v) is 3.25. The smallest absolute Gasteiger partial charge is 0.383 e. The van der Waals surface area contributed by atoms with Crippen molar-refractivity contribution in [2.24, 2.45) is 0 Å². The van der Waals surface area contributed by atoms with Crippen LogP contribution in [0.5, 0.6) is 0 Å². The molecular weight excluding hydrogens is 365 g/mol. The zero-order valence-corrected chi connectivity index (χ0v) is 14.4.